The third-order valence-electron chi connectivity index (χ3n) is 7.39. The summed E-state index contributed by atoms with van der Waals surface area (Å²) in [5, 5.41) is 3.30. The summed E-state index contributed by atoms with van der Waals surface area (Å²) in [5.41, 5.74) is 2.76. The molecule has 0 amide bonds. The molecule has 4 bridgehead atoms. The molecule has 0 atom stereocenters. The van der Waals surface area contributed by atoms with E-state index in [0.717, 1.165) is 46.4 Å². The first-order valence-electron chi connectivity index (χ1n) is 10.2. The predicted octanol–water partition coefficient (Wildman–Crippen LogP) is 4.94. The van der Waals surface area contributed by atoms with Gasteiger partial charge in [-0.05, 0) is 81.5 Å². The van der Waals surface area contributed by atoms with Gasteiger partial charge in [-0.15, -0.1) is 11.3 Å². The summed E-state index contributed by atoms with van der Waals surface area (Å²) >= 11 is 1.73. The Morgan fingerprint density at radius 2 is 1.78 bits per heavy atom. The number of aromatic nitrogens is 1. The van der Waals surface area contributed by atoms with Gasteiger partial charge in [-0.3, -0.25) is 4.90 Å². The van der Waals surface area contributed by atoms with Crippen molar-refractivity contribution in [3.05, 3.63) is 29.3 Å². The lowest BCUT2D eigenvalue weighted by Crippen LogP contribution is -2.58. The Morgan fingerprint density at radius 1 is 1.07 bits per heavy atom. The van der Waals surface area contributed by atoms with Gasteiger partial charge in [0.1, 0.15) is 5.01 Å². The third kappa shape index (κ3) is 2.70. The predicted molar refractivity (Wildman–Crippen MR) is 106 cm³/mol. The molecule has 2 aromatic rings. The summed E-state index contributed by atoms with van der Waals surface area (Å²) in [6, 6.07) is 6.12. The van der Waals surface area contributed by atoms with Crippen LogP contribution in [0.25, 0.3) is 10.6 Å². The average Bonchev–Trinajstić information content (AvgIpc) is 3.29. The summed E-state index contributed by atoms with van der Waals surface area (Å²) in [6.45, 7) is 1.28. The Kier molecular flexibility index (Phi) is 3.61. The maximum Gasteiger partial charge on any atom is 0.231 e. The number of benzene rings is 1. The van der Waals surface area contributed by atoms with Gasteiger partial charge in [0, 0.05) is 23.0 Å². The molecule has 0 spiro atoms. The van der Waals surface area contributed by atoms with Crippen LogP contribution in [0.3, 0.4) is 0 Å². The van der Waals surface area contributed by atoms with Crippen molar-refractivity contribution < 1.29 is 9.47 Å². The van der Waals surface area contributed by atoms with Crippen LogP contribution in [0.15, 0.2) is 23.6 Å². The van der Waals surface area contributed by atoms with Gasteiger partial charge in [-0.25, -0.2) is 4.98 Å². The van der Waals surface area contributed by atoms with Crippen LogP contribution in [-0.4, -0.2) is 29.3 Å². The molecule has 0 unspecified atom stereocenters. The van der Waals surface area contributed by atoms with Gasteiger partial charge in [0.05, 0.1) is 5.69 Å². The number of fused-ring (bicyclic) bond motifs is 1. The summed E-state index contributed by atoms with van der Waals surface area (Å²) in [5.74, 6) is 4.61. The zero-order valence-corrected chi connectivity index (χ0v) is 16.6. The smallest absolute Gasteiger partial charge is 0.231 e. The van der Waals surface area contributed by atoms with Crippen molar-refractivity contribution in [2.45, 2.75) is 50.6 Å². The van der Waals surface area contributed by atoms with Crippen LogP contribution >= 0.6 is 11.3 Å². The van der Waals surface area contributed by atoms with Gasteiger partial charge >= 0.3 is 0 Å². The lowest BCUT2D eigenvalue weighted by atomic mass is 9.52. The Hall–Kier alpha value is -1.59. The van der Waals surface area contributed by atoms with Gasteiger partial charge in [0.15, 0.2) is 11.5 Å². The molecule has 4 nitrogen and oxygen atoms in total. The van der Waals surface area contributed by atoms with Gasteiger partial charge in [-0.1, -0.05) is 0 Å². The van der Waals surface area contributed by atoms with E-state index in [0.29, 0.717) is 12.3 Å². The van der Waals surface area contributed by atoms with Crippen molar-refractivity contribution in [3.8, 4) is 22.1 Å². The minimum Gasteiger partial charge on any atom is -0.454 e. The minimum absolute atomic E-state index is 0.317. The van der Waals surface area contributed by atoms with Gasteiger partial charge in [0.25, 0.3) is 0 Å². The van der Waals surface area contributed by atoms with Crippen LogP contribution in [0.5, 0.6) is 11.5 Å². The highest BCUT2D eigenvalue weighted by Gasteiger charge is 2.52. The maximum absolute atomic E-state index is 5.52. The first-order valence-corrected chi connectivity index (χ1v) is 11.1. The summed E-state index contributed by atoms with van der Waals surface area (Å²) in [7, 11) is 2.34. The van der Waals surface area contributed by atoms with E-state index < -0.39 is 0 Å². The normalized spacial score (nSPS) is 33.2. The van der Waals surface area contributed by atoms with E-state index >= 15 is 0 Å². The molecule has 5 heteroatoms. The summed E-state index contributed by atoms with van der Waals surface area (Å²) < 4.78 is 10.9. The number of hydrogen-bond donors (Lipinski definition) is 0. The Labute approximate surface area is 164 Å². The van der Waals surface area contributed by atoms with Crippen molar-refractivity contribution in [1.29, 1.82) is 0 Å². The standard InChI is InChI=1S/C22H26N2O2S/c1-24(22-8-14-4-15(9-22)6-16(5-14)10-22)11-18-12-27-21(23-18)17-2-3-19-20(7-17)26-13-25-19/h2-3,7,12,14-16H,4-6,8-11,13H2,1H3. The molecule has 142 valence electrons. The highest BCUT2D eigenvalue weighted by Crippen LogP contribution is 2.57. The molecule has 1 aliphatic heterocycles. The Balaban J connectivity index is 1.21. The van der Waals surface area contributed by atoms with E-state index in [1.165, 1.54) is 44.2 Å². The van der Waals surface area contributed by atoms with Crippen LogP contribution in [0, 0.1) is 17.8 Å². The fourth-order valence-corrected chi connectivity index (χ4v) is 7.29. The fourth-order valence-electron chi connectivity index (χ4n) is 6.48. The number of nitrogens with zero attached hydrogens (tertiary/aromatic N) is 2. The first kappa shape index (κ1) is 16.4. The summed E-state index contributed by atoms with van der Waals surface area (Å²) in [4.78, 5) is 7.60. The largest absolute Gasteiger partial charge is 0.454 e. The number of rotatable bonds is 4. The average molecular weight is 383 g/mol. The minimum atomic E-state index is 0.317. The number of ether oxygens (including phenoxy) is 2. The molecule has 5 aliphatic rings. The van der Waals surface area contributed by atoms with Crippen molar-refractivity contribution in [3.63, 3.8) is 0 Å². The molecule has 27 heavy (non-hydrogen) atoms. The fraction of sp³-hybridized carbons (Fsp3) is 0.591. The molecule has 4 saturated carbocycles. The molecule has 2 heterocycles. The molecule has 7 rings (SSSR count). The van der Waals surface area contributed by atoms with Crippen LogP contribution in [0.2, 0.25) is 0 Å². The van der Waals surface area contributed by atoms with Crippen molar-refractivity contribution in [1.82, 2.24) is 9.88 Å². The number of thiazole rings is 1. The van der Waals surface area contributed by atoms with E-state index in [9.17, 15) is 0 Å². The summed E-state index contributed by atoms with van der Waals surface area (Å²) in [6.07, 6.45) is 8.73. The molecule has 0 N–H and O–H groups in total. The lowest BCUT2D eigenvalue weighted by Gasteiger charge is -2.60. The lowest BCUT2D eigenvalue weighted by molar-refractivity contribution is -0.0824. The third-order valence-corrected chi connectivity index (χ3v) is 8.33. The van der Waals surface area contributed by atoms with Crippen LogP contribution in [0.4, 0.5) is 0 Å². The van der Waals surface area contributed by atoms with Gasteiger partial charge < -0.3 is 9.47 Å². The number of hydrogen-bond acceptors (Lipinski definition) is 5. The molecule has 0 radical (unpaired) electrons. The zero-order chi connectivity index (χ0) is 18.0. The van der Waals surface area contributed by atoms with Crippen LogP contribution in [-0.2, 0) is 6.54 Å². The highest BCUT2D eigenvalue weighted by molar-refractivity contribution is 7.13. The molecule has 1 aromatic carbocycles. The molecular formula is C22H26N2O2S. The van der Waals surface area contributed by atoms with E-state index in [1.54, 1.807) is 11.3 Å². The van der Waals surface area contributed by atoms with E-state index in [-0.39, 0.29) is 0 Å². The second kappa shape index (κ2) is 5.95. The monoisotopic (exact) mass is 382 g/mol. The second-order valence-corrected chi connectivity index (χ2v) is 10.1. The van der Waals surface area contributed by atoms with Crippen LogP contribution < -0.4 is 9.47 Å². The Morgan fingerprint density at radius 3 is 2.52 bits per heavy atom. The SMILES string of the molecule is CN(Cc1csc(-c2ccc3c(c2)OCO3)n1)C12CC3CC(CC(C3)C1)C2. The van der Waals surface area contributed by atoms with Crippen molar-refractivity contribution >= 4 is 11.3 Å². The van der Waals surface area contributed by atoms with Crippen molar-refractivity contribution in [2.24, 2.45) is 17.8 Å². The first-order chi connectivity index (χ1) is 13.2. The van der Waals surface area contributed by atoms with Gasteiger partial charge in [-0.2, -0.15) is 0 Å². The topological polar surface area (TPSA) is 34.6 Å². The quantitative estimate of drug-likeness (QED) is 0.750. The van der Waals surface area contributed by atoms with Crippen LogP contribution in [0.1, 0.15) is 44.2 Å². The van der Waals surface area contributed by atoms with E-state index in [1.807, 2.05) is 12.1 Å². The van der Waals surface area contributed by atoms with E-state index in [4.69, 9.17) is 14.5 Å². The highest BCUT2D eigenvalue weighted by atomic mass is 32.1. The maximum atomic E-state index is 5.52. The Bertz CT molecular complexity index is 842. The second-order valence-electron chi connectivity index (χ2n) is 9.21. The molecule has 4 aliphatic carbocycles. The molecule has 0 saturated heterocycles. The van der Waals surface area contributed by atoms with Gasteiger partial charge in [0.2, 0.25) is 6.79 Å². The van der Waals surface area contributed by atoms with Crippen molar-refractivity contribution in [2.75, 3.05) is 13.8 Å². The molecular weight excluding hydrogens is 356 g/mol. The molecule has 4 fully saturated rings. The van der Waals surface area contributed by atoms with E-state index in [2.05, 4.69) is 23.4 Å². The molecule has 1 aromatic heterocycles. The zero-order valence-electron chi connectivity index (χ0n) is 15.8.